The maximum atomic E-state index is 13.0. The largest absolute Gasteiger partial charge is 0.647 e. The van der Waals surface area contributed by atoms with Gasteiger partial charge in [-0.2, -0.15) is 5.06 Å². The summed E-state index contributed by atoms with van der Waals surface area (Å²) in [5, 5.41) is 0.789. The minimum absolute atomic E-state index is 0.267. The van der Waals surface area contributed by atoms with Crippen LogP contribution in [0.15, 0.2) is 24.3 Å². The van der Waals surface area contributed by atoms with E-state index in [-0.39, 0.29) is 11.4 Å². The zero-order valence-corrected chi connectivity index (χ0v) is 16.8. The molecule has 0 fully saturated rings. The van der Waals surface area contributed by atoms with E-state index in [2.05, 4.69) is 4.28 Å². The summed E-state index contributed by atoms with van der Waals surface area (Å²) < 4.78 is 67.3. The number of anilines is 2. The smallest absolute Gasteiger partial charge is 0.168 e. The molecule has 0 saturated heterocycles. The fourth-order valence-corrected chi connectivity index (χ4v) is 3.74. The van der Waals surface area contributed by atoms with Crippen LogP contribution in [0, 0.1) is 41.5 Å². The van der Waals surface area contributed by atoms with Gasteiger partial charge in [0.2, 0.25) is 0 Å². The Labute approximate surface area is 158 Å². The lowest BCUT2D eigenvalue weighted by Crippen LogP contribution is -2.37. The van der Waals surface area contributed by atoms with Crippen molar-refractivity contribution in [2.75, 3.05) is 5.06 Å². The van der Waals surface area contributed by atoms with Crippen LogP contribution in [0.5, 0.6) is 0 Å². The Hall–Kier alpha value is -1.90. The zero-order valence-electron chi connectivity index (χ0n) is 16.0. The van der Waals surface area contributed by atoms with Gasteiger partial charge in [-0.1, -0.05) is 35.4 Å². The number of aryl methyl sites for hydroxylation is 6. The molecular weight excluding hydrogens is 379 g/mol. The molecule has 1 radical (unpaired) electrons. The van der Waals surface area contributed by atoms with Crippen molar-refractivity contribution in [2.45, 2.75) is 47.1 Å². The lowest BCUT2D eigenvalue weighted by Gasteiger charge is -2.27. The van der Waals surface area contributed by atoms with Crippen LogP contribution in [0.4, 0.5) is 24.5 Å². The Morgan fingerprint density at radius 3 is 1.33 bits per heavy atom. The fourth-order valence-electron chi connectivity index (χ4n) is 3.31. The first-order valence-electron chi connectivity index (χ1n) is 8.21. The molecule has 0 aliphatic rings. The van der Waals surface area contributed by atoms with E-state index in [0.717, 1.165) is 16.2 Å². The van der Waals surface area contributed by atoms with Gasteiger partial charge in [0.15, 0.2) is 0 Å². The molecule has 2 aromatic rings. The first kappa shape index (κ1) is 21.4. The molecule has 4 nitrogen and oxygen atoms in total. The Balaban J connectivity index is 2.78. The minimum atomic E-state index is -5.85. The van der Waals surface area contributed by atoms with E-state index < -0.39 is 16.0 Å². The van der Waals surface area contributed by atoms with Gasteiger partial charge in [0, 0.05) is 0 Å². The van der Waals surface area contributed by atoms with E-state index in [1.807, 2.05) is 13.8 Å². The maximum Gasteiger partial charge on any atom is 0.647 e. The van der Waals surface area contributed by atoms with Crippen molar-refractivity contribution < 1.29 is 26.2 Å². The van der Waals surface area contributed by atoms with Crippen molar-refractivity contribution in [3.63, 3.8) is 0 Å². The number of hydrogen-bond acceptors (Lipinski definition) is 3. The third-order valence-electron chi connectivity index (χ3n) is 4.13. The number of alkyl halides is 3. The third kappa shape index (κ3) is 4.34. The van der Waals surface area contributed by atoms with Crippen molar-refractivity contribution in [2.24, 2.45) is 0 Å². The predicted molar refractivity (Wildman–Crippen MR) is 99.3 cm³/mol. The van der Waals surface area contributed by atoms with E-state index in [9.17, 15) is 21.9 Å². The lowest BCUT2D eigenvalue weighted by atomic mass is 10.0. The van der Waals surface area contributed by atoms with E-state index >= 15 is 0 Å². The van der Waals surface area contributed by atoms with Crippen LogP contribution in [0.3, 0.4) is 0 Å². The summed E-state index contributed by atoms with van der Waals surface area (Å²) in [7, 11) is -5.85. The highest BCUT2D eigenvalue weighted by Crippen LogP contribution is 2.41. The number of halogens is 3. The lowest BCUT2D eigenvalue weighted by molar-refractivity contribution is -0.0664. The van der Waals surface area contributed by atoms with Crippen LogP contribution in [0.1, 0.15) is 33.4 Å². The summed E-state index contributed by atoms with van der Waals surface area (Å²) >= 11 is 0. The molecule has 147 valence electrons. The Morgan fingerprint density at radius 1 is 0.778 bits per heavy atom. The highest BCUT2D eigenvalue weighted by molar-refractivity contribution is 7.93. The zero-order chi connectivity index (χ0) is 20.7. The van der Waals surface area contributed by atoms with Gasteiger partial charge in [0.1, 0.15) is 0 Å². The molecule has 0 aliphatic heterocycles. The van der Waals surface area contributed by atoms with Crippen molar-refractivity contribution in [3.8, 4) is 0 Å². The molecule has 2 rings (SSSR count). The first-order valence-corrected chi connectivity index (χ1v) is 9.62. The van der Waals surface area contributed by atoms with E-state index in [0.29, 0.717) is 22.3 Å². The normalized spacial score (nSPS) is 14.1. The van der Waals surface area contributed by atoms with Crippen molar-refractivity contribution >= 4 is 21.9 Å². The molecule has 0 heterocycles. The summed E-state index contributed by atoms with van der Waals surface area (Å²) in [6, 6.07) is 7.05. The van der Waals surface area contributed by atoms with Gasteiger partial charge in [-0.3, -0.25) is 0 Å². The second kappa shape index (κ2) is 7.26. The highest BCUT2D eigenvalue weighted by Gasteiger charge is 2.66. The van der Waals surface area contributed by atoms with Crippen molar-refractivity contribution in [3.05, 3.63) is 57.6 Å². The molecular formula is C19H22F3NO3S+. The topological polar surface area (TPSA) is 49.4 Å². The molecule has 0 N–H and O–H groups in total. The van der Waals surface area contributed by atoms with Gasteiger partial charge in [-0.25, -0.2) is 0 Å². The third-order valence-corrected chi connectivity index (χ3v) is 5.05. The summed E-state index contributed by atoms with van der Waals surface area (Å²) in [4.78, 5) is 0. The van der Waals surface area contributed by atoms with Gasteiger partial charge in [0.25, 0.3) is 0 Å². The molecule has 8 heteroatoms. The average Bonchev–Trinajstić information content (AvgIpc) is 2.42. The number of rotatable bonds is 4. The van der Waals surface area contributed by atoms with Crippen LogP contribution in [-0.2, 0) is 23.5 Å². The van der Waals surface area contributed by atoms with Gasteiger partial charge in [0.05, 0.1) is 15.9 Å². The van der Waals surface area contributed by atoms with Crippen LogP contribution >= 0.6 is 0 Å². The van der Waals surface area contributed by atoms with Crippen LogP contribution in [0.25, 0.3) is 0 Å². The SMILES string of the molecule is Cc1cc(C)c(N(O[S+]([O])(=O)C(F)(F)F)c2c(C)cc(C)cc2C)c(C)c1. The van der Waals surface area contributed by atoms with E-state index in [1.54, 1.807) is 52.0 Å². The molecule has 0 spiro atoms. The second-order valence-corrected chi connectivity index (χ2v) is 8.28. The van der Waals surface area contributed by atoms with Gasteiger partial charge in [-0.05, 0) is 72.3 Å². The molecule has 27 heavy (non-hydrogen) atoms. The van der Waals surface area contributed by atoms with Crippen LogP contribution < -0.4 is 5.06 Å². The predicted octanol–water partition coefficient (Wildman–Crippen LogP) is 5.89. The number of nitrogens with zero attached hydrogens (tertiary/aromatic N) is 1. The van der Waals surface area contributed by atoms with Crippen LogP contribution in [-0.4, -0.2) is 5.51 Å². The minimum Gasteiger partial charge on any atom is -0.168 e. The second-order valence-electron chi connectivity index (χ2n) is 6.76. The summed E-state index contributed by atoms with van der Waals surface area (Å²) in [5.74, 6) is 0. The van der Waals surface area contributed by atoms with Crippen molar-refractivity contribution in [1.82, 2.24) is 0 Å². The standard InChI is InChI=1S/C19H22F3NO3S/c1-11-7-13(3)17(14(4)8-11)23(26-27(24,25)19(20,21)22)18-15(5)9-12(2)10-16(18)6/h7-10H,1-6H3/q+1. The van der Waals surface area contributed by atoms with Gasteiger partial charge >= 0.3 is 16.0 Å². The molecule has 0 aliphatic carbocycles. The summed E-state index contributed by atoms with van der Waals surface area (Å²) in [6.45, 7) is 10.5. The monoisotopic (exact) mass is 401 g/mol. The molecule has 0 aromatic heterocycles. The number of hydrogen-bond donors (Lipinski definition) is 0. The molecule has 1 atom stereocenters. The van der Waals surface area contributed by atoms with Crippen LogP contribution in [0.2, 0.25) is 0 Å². The van der Waals surface area contributed by atoms with Gasteiger partial charge < -0.3 is 0 Å². The summed E-state index contributed by atoms with van der Waals surface area (Å²) in [6.07, 6.45) is 0. The molecule has 2 aromatic carbocycles. The van der Waals surface area contributed by atoms with Gasteiger partial charge in [-0.15, -0.1) is 13.2 Å². The molecule has 0 amide bonds. The highest BCUT2D eigenvalue weighted by atomic mass is 32.3. The molecule has 0 saturated carbocycles. The van der Waals surface area contributed by atoms with Crippen molar-refractivity contribution in [1.29, 1.82) is 0 Å². The summed E-state index contributed by atoms with van der Waals surface area (Å²) in [5.41, 5.74) is -0.784. The molecule has 1 unspecified atom stereocenters. The Bertz CT molecular complexity index is 821. The van der Waals surface area contributed by atoms with E-state index in [4.69, 9.17) is 0 Å². The van der Waals surface area contributed by atoms with E-state index in [1.165, 1.54) is 0 Å². The average molecular weight is 401 g/mol. The Kier molecular flexibility index (Phi) is 5.75. The maximum absolute atomic E-state index is 13.0. The Morgan fingerprint density at radius 2 is 1.07 bits per heavy atom. The first-order chi connectivity index (χ1) is 12.2. The fraction of sp³-hybridized carbons (Fsp3) is 0.368. The molecule has 0 bridgehead atoms. The quantitative estimate of drug-likeness (QED) is 0.474. The number of benzene rings is 2.